The van der Waals surface area contributed by atoms with E-state index in [1.54, 1.807) is 43.5 Å². The van der Waals surface area contributed by atoms with Gasteiger partial charge < -0.3 is 14.2 Å². The van der Waals surface area contributed by atoms with Crippen LogP contribution in [0.25, 0.3) is 6.08 Å². The van der Waals surface area contributed by atoms with E-state index in [9.17, 15) is 9.59 Å². The average Bonchev–Trinajstić information content (AvgIpc) is 3.16. The van der Waals surface area contributed by atoms with Crippen LogP contribution in [0.1, 0.15) is 28.3 Å². The van der Waals surface area contributed by atoms with Gasteiger partial charge >= 0.3 is 5.97 Å². The lowest BCUT2D eigenvalue weighted by molar-refractivity contribution is -0.148. The predicted octanol–water partition coefficient (Wildman–Crippen LogP) is 5.70. The highest BCUT2D eigenvalue weighted by molar-refractivity contribution is 8.26. The maximum Gasteiger partial charge on any atom is 0.333 e. The first kappa shape index (κ1) is 25.5. The molecule has 3 aromatic carbocycles. The normalized spacial score (nSPS) is 15.2. The van der Waals surface area contributed by atoms with E-state index in [1.807, 2.05) is 43.3 Å². The molecule has 1 amide bonds. The summed E-state index contributed by atoms with van der Waals surface area (Å²) in [7, 11) is 2.86. The molecule has 3 aromatic rings. The maximum atomic E-state index is 13.3. The number of methoxy groups -OCH3 is 2. The molecule has 6 nitrogen and oxygen atoms in total. The molecule has 1 aliphatic rings. The highest BCUT2D eigenvalue weighted by atomic mass is 32.2. The van der Waals surface area contributed by atoms with Crippen LogP contribution in [0.15, 0.2) is 77.7 Å². The van der Waals surface area contributed by atoms with Crippen LogP contribution in [0.4, 0.5) is 0 Å². The Balaban J connectivity index is 1.56. The first-order valence-corrected chi connectivity index (χ1v) is 12.4. The van der Waals surface area contributed by atoms with Gasteiger partial charge in [0.2, 0.25) is 0 Å². The molecule has 0 radical (unpaired) electrons. The third-order valence-corrected chi connectivity index (χ3v) is 6.91. The molecule has 4 rings (SSSR count). The Labute approximate surface area is 219 Å². The van der Waals surface area contributed by atoms with Crippen molar-refractivity contribution in [3.8, 4) is 11.5 Å². The largest absolute Gasteiger partial charge is 0.493 e. The highest BCUT2D eigenvalue weighted by Crippen LogP contribution is 2.39. The molecule has 0 bridgehead atoms. The minimum atomic E-state index is -0.957. The third kappa shape index (κ3) is 5.61. The molecule has 0 saturated carbocycles. The van der Waals surface area contributed by atoms with Gasteiger partial charge in [0.15, 0.2) is 17.5 Å². The van der Waals surface area contributed by atoms with Crippen molar-refractivity contribution in [3.05, 3.63) is 100.0 Å². The zero-order chi connectivity index (χ0) is 25.7. The van der Waals surface area contributed by atoms with Gasteiger partial charge in [-0.25, -0.2) is 4.79 Å². The quantitative estimate of drug-likeness (QED) is 0.215. The molecule has 8 heteroatoms. The number of amides is 1. The number of ether oxygens (including phenoxy) is 3. The van der Waals surface area contributed by atoms with E-state index in [4.69, 9.17) is 26.4 Å². The number of carbonyl (C=O) groups is 2. The number of benzene rings is 3. The molecule has 1 fully saturated rings. The molecule has 1 aliphatic heterocycles. The van der Waals surface area contributed by atoms with E-state index in [0.717, 1.165) is 28.5 Å². The minimum Gasteiger partial charge on any atom is -0.493 e. The second-order valence-corrected chi connectivity index (χ2v) is 9.75. The Kier molecular flexibility index (Phi) is 8.07. The number of hydrogen-bond acceptors (Lipinski definition) is 7. The second kappa shape index (κ2) is 11.4. The van der Waals surface area contributed by atoms with Crippen LogP contribution in [-0.4, -0.2) is 35.3 Å². The van der Waals surface area contributed by atoms with Crippen LogP contribution in [-0.2, 0) is 20.9 Å². The summed E-state index contributed by atoms with van der Waals surface area (Å²) in [5.41, 5.74) is 3.59. The van der Waals surface area contributed by atoms with Gasteiger partial charge in [0.25, 0.3) is 5.91 Å². The topological polar surface area (TPSA) is 65.1 Å². The summed E-state index contributed by atoms with van der Waals surface area (Å²) in [5.74, 6) is 0.223. The van der Waals surface area contributed by atoms with Gasteiger partial charge in [-0.2, -0.15) is 0 Å². The fourth-order valence-corrected chi connectivity index (χ4v) is 5.16. The van der Waals surface area contributed by atoms with Crippen molar-refractivity contribution in [1.29, 1.82) is 0 Å². The van der Waals surface area contributed by atoms with Crippen molar-refractivity contribution < 1.29 is 23.8 Å². The Hall–Kier alpha value is -3.62. The monoisotopic (exact) mass is 519 g/mol. The first-order valence-electron chi connectivity index (χ1n) is 11.2. The predicted molar refractivity (Wildman–Crippen MR) is 145 cm³/mol. The number of rotatable bonds is 8. The van der Waals surface area contributed by atoms with Gasteiger partial charge in [0.1, 0.15) is 10.9 Å². The molecular weight excluding hydrogens is 494 g/mol. The van der Waals surface area contributed by atoms with Crippen molar-refractivity contribution in [2.45, 2.75) is 19.6 Å². The van der Waals surface area contributed by atoms with Crippen molar-refractivity contribution in [2.24, 2.45) is 0 Å². The fraction of sp³-hybridized carbons (Fsp3) is 0.179. The molecule has 0 aromatic heterocycles. The maximum absolute atomic E-state index is 13.3. The van der Waals surface area contributed by atoms with Crippen LogP contribution in [0.5, 0.6) is 11.5 Å². The molecule has 36 heavy (non-hydrogen) atoms. The fourth-order valence-electron chi connectivity index (χ4n) is 3.85. The van der Waals surface area contributed by atoms with Gasteiger partial charge in [-0.3, -0.25) is 9.69 Å². The number of thiocarbonyl (C=S) groups is 1. The lowest BCUT2D eigenvalue weighted by Gasteiger charge is -2.24. The zero-order valence-corrected chi connectivity index (χ0v) is 21.7. The zero-order valence-electron chi connectivity index (χ0n) is 20.1. The van der Waals surface area contributed by atoms with Crippen molar-refractivity contribution in [3.63, 3.8) is 0 Å². The summed E-state index contributed by atoms with van der Waals surface area (Å²) < 4.78 is 16.8. The number of thioether (sulfide) groups is 1. The molecule has 184 valence electrons. The number of aryl methyl sites for hydroxylation is 1. The van der Waals surface area contributed by atoms with Crippen LogP contribution in [0, 0.1) is 6.92 Å². The molecule has 1 unspecified atom stereocenters. The molecule has 0 aliphatic carbocycles. The van der Waals surface area contributed by atoms with Crippen LogP contribution < -0.4 is 9.47 Å². The van der Waals surface area contributed by atoms with Crippen molar-refractivity contribution >= 4 is 46.3 Å². The lowest BCUT2D eigenvalue weighted by Crippen LogP contribution is -2.37. The summed E-state index contributed by atoms with van der Waals surface area (Å²) in [5, 5.41) is 0. The van der Waals surface area contributed by atoms with Gasteiger partial charge in [0.05, 0.1) is 19.1 Å². The molecule has 0 spiro atoms. The van der Waals surface area contributed by atoms with Crippen LogP contribution in [0.2, 0.25) is 0 Å². The Morgan fingerprint density at radius 3 is 2.50 bits per heavy atom. The number of esters is 1. The van der Waals surface area contributed by atoms with E-state index in [0.29, 0.717) is 28.6 Å². The third-order valence-electron chi connectivity index (χ3n) is 5.58. The summed E-state index contributed by atoms with van der Waals surface area (Å²) in [6, 6.07) is 21.6. The highest BCUT2D eigenvalue weighted by Gasteiger charge is 2.41. The molecule has 1 saturated heterocycles. The lowest BCUT2D eigenvalue weighted by atomic mass is 10.1. The number of nitrogens with zero attached hydrogens (tertiary/aromatic N) is 1. The second-order valence-electron chi connectivity index (χ2n) is 8.08. The average molecular weight is 520 g/mol. The van der Waals surface area contributed by atoms with Gasteiger partial charge in [-0.1, -0.05) is 90.2 Å². The van der Waals surface area contributed by atoms with E-state index >= 15 is 0 Å². The number of hydrogen-bond donors (Lipinski definition) is 0. The van der Waals surface area contributed by atoms with Gasteiger partial charge in [0, 0.05) is 0 Å². The Morgan fingerprint density at radius 2 is 1.81 bits per heavy atom. The van der Waals surface area contributed by atoms with Gasteiger partial charge in [-0.05, 0) is 41.8 Å². The van der Waals surface area contributed by atoms with E-state index < -0.39 is 12.0 Å². The van der Waals surface area contributed by atoms with E-state index in [2.05, 4.69) is 6.07 Å². The first-order chi connectivity index (χ1) is 17.4. The van der Waals surface area contributed by atoms with Crippen LogP contribution in [0.3, 0.4) is 0 Å². The summed E-state index contributed by atoms with van der Waals surface area (Å²) >= 11 is 6.63. The Morgan fingerprint density at radius 1 is 1.03 bits per heavy atom. The Bertz CT molecular complexity index is 1320. The van der Waals surface area contributed by atoms with Crippen molar-refractivity contribution in [2.75, 3.05) is 14.2 Å². The number of carbonyl (C=O) groups excluding carboxylic acids is 2. The summed E-state index contributed by atoms with van der Waals surface area (Å²) in [6.07, 6.45) is 1.73. The minimum absolute atomic E-state index is 0.288. The molecule has 1 atom stereocenters. The summed E-state index contributed by atoms with van der Waals surface area (Å²) in [4.78, 5) is 27.7. The molecule has 1 heterocycles. The van der Waals surface area contributed by atoms with Crippen LogP contribution >= 0.6 is 24.0 Å². The molecule has 0 N–H and O–H groups in total. The van der Waals surface area contributed by atoms with Gasteiger partial charge in [-0.15, -0.1) is 0 Å². The van der Waals surface area contributed by atoms with Crippen molar-refractivity contribution in [1.82, 2.24) is 4.90 Å². The summed E-state index contributed by atoms with van der Waals surface area (Å²) in [6.45, 7) is 2.44. The smallest absolute Gasteiger partial charge is 0.333 e. The SMILES string of the molecule is COC(=O)C(c1ccccc1)N1C(=O)/C(=C\c2ccc(OCc3cccc(C)c3)c(OC)c2)SC1=S. The van der Waals surface area contributed by atoms with E-state index in [-0.39, 0.29) is 10.2 Å². The molecular formula is C28H25NO5S2. The van der Waals surface area contributed by atoms with E-state index in [1.165, 1.54) is 12.0 Å². The standard InChI is InChI=1S/C28H25NO5S2/c1-18-8-7-9-20(14-18)17-34-22-13-12-19(15-23(22)32-2)16-24-26(30)29(28(35)36-24)25(27(31)33-3)21-10-5-4-6-11-21/h4-16,25H,17H2,1-3H3/b24-16+.